The third-order valence-corrected chi connectivity index (χ3v) is 3.66. The summed E-state index contributed by atoms with van der Waals surface area (Å²) in [5.74, 6) is 0.254. The van der Waals surface area contributed by atoms with E-state index in [-0.39, 0.29) is 17.9 Å². The fraction of sp³-hybridized carbons (Fsp3) is 0.643. The smallest absolute Gasteiger partial charge is 0.270 e. The minimum absolute atomic E-state index is 0.0900. The number of amides is 1. The van der Waals surface area contributed by atoms with Gasteiger partial charge in [0.15, 0.2) is 0 Å². The van der Waals surface area contributed by atoms with E-state index in [0.717, 1.165) is 18.7 Å². The molecule has 18 heavy (non-hydrogen) atoms. The molecule has 0 radical (unpaired) electrons. The van der Waals surface area contributed by atoms with Crippen molar-refractivity contribution in [3.05, 3.63) is 24.0 Å². The Morgan fingerprint density at radius 1 is 1.56 bits per heavy atom. The van der Waals surface area contributed by atoms with Crippen LogP contribution in [0.5, 0.6) is 0 Å². The van der Waals surface area contributed by atoms with Gasteiger partial charge in [0.2, 0.25) is 0 Å². The van der Waals surface area contributed by atoms with Gasteiger partial charge >= 0.3 is 0 Å². The Kier molecular flexibility index (Phi) is 4.07. The van der Waals surface area contributed by atoms with E-state index in [2.05, 4.69) is 6.92 Å². The van der Waals surface area contributed by atoms with Crippen molar-refractivity contribution in [1.29, 1.82) is 0 Å². The van der Waals surface area contributed by atoms with Crippen LogP contribution in [0.1, 0.15) is 37.2 Å². The maximum Gasteiger partial charge on any atom is 0.270 e. The summed E-state index contributed by atoms with van der Waals surface area (Å²) in [6, 6.07) is 3.80. The molecule has 4 heteroatoms. The molecular formula is C14H22N2O2. The van der Waals surface area contributed by atoms with E-state index in [0.29, 0.717) is 19.5 Å². The number of likely N-dealkylation sites (tertiary alicyclic amines) is 1. The maximum absolute atomic E-state index is 12.4. The molecule has 1 aliphatic rings. The third-order valence-electron chi connectivity index (χ3n) is 3.66. The molecule has 1 aromatic rings. The van der Waals surface area contributed by atoms with Crippen LogP contribution in [0.4, 0.5) is 0 Å². The molecule has 0 spiro atoms. The van der Waals surface area contributed by atoms with Crippen LogP contribution in [0.15, 0.2) is 18.3 Å². The first-order chi connectivity index (χ1) is 8.63. The standard InChI is InChI=1S/C14H22N2O2/c1-3-7-15-8-4-5-12(15)14(18)16-9-6-13(17)11(2)10-16/h4-5,8,11,13,17H,3,6-7,9-10H2,1-2H3. The average molecular weight is 250 g/mol. The van der Waals surface area contributed by atoms with Crippen LogP contribution in [0.25, 0.3) is 0 Å². The number of carbonyl (C=O) groups excluding carboxylic acids is 1. The van der Waals surface area contributed by atoms with Crippen LogP contribution in [0.2, 0.25) is 0 Å². The second-order valence-corrected chi connectivity index (χ2v) is 5.17. The van der Waals surface area contributed by atoms with E-state index in [1.54, 1.807) is 0 Å². The number of aliphatic hydroxyl groups is 1. The van der Waals surface area contributed by atoms with Gasteiger partial charge in [-0.15, -0.1) is 0 Å². The summed E-state index contributed by atoms with van der Waals surface area (Å²) in [5, 5.41) is 9.70. The lowest BCUT2D eigenvalue weighted by atomic mass is 9.96. The molecular weight excluding hydrogens is 228 g/mol. The largest absolute Gasteiger partial charge is 0.393 e. The van der Waals surface area contributed by atoms with Crippen LogP contribution in [0, 0.1) is 5.92 Å². The van der Waals surface area contributed by atoms with E-state index >= 15 is 0 Å². The van der Waals surface area contributed by atoms with E-state index in [9.17, 15) is 9.90 Å². The summed E-state index contributed by atoms with van der Waals surface area (Å²) < 4.78 is 2.01. The fourth-order valence-corrected chi connectivity index (χ4v) is 2.52. The van der Waals surface area contributed by atoms with Gasteiger partial charge in [-0.2, -0.15) is 0 Å². The number of aromatic nitrogens is 1. The molecule has 0 aromatic carbocycles. The van der Waals surface area contributed by atoms with E-state index in [1.807, 2.05) is 34.7 Å². The molecule has 2 rings (SSSR count). The summed E-state index contributed by atoms with van der Waals surface area (Å²) in [4.78, 5) is 14.3. The molecule has 4 nitrogen and oxygen atoms in total. The molecule has 1 fully saturated rings. The zero-order chi connectivity index (χ0) is 13.1. The third kappa shape index (κ3) is 2.58. The minimum Gasteiger partial charge on any atom is -0.393 e. The van der Waals surface area contributed by atoms with Crippen LogP contribution in [-0.2, 0) is 6.54 Å². The lowest BCUT2D eigenvalue weighted by Gasteiger charge is -2.34. The normalized spacial score (nSPS) is 24.3. The summed E-state index contributed by atoms with van der Waals surface area (Å²) in [6.45, 7) is 6.28. The highest BCUT2D eigenvalue weighted by atomic mass is 16.3. The summed E-state index contributed by atoms with van der Waals surface area (Å²) in [5.41, 5.74) is 0.764. The predicted octanol–water partition coefficient (Wildman–Crippen LogP) is 1.74. The lowest BCUT2D eigenvalue weighted by molar-refractivity contribution is 0.0291. The van der Waals surface area contributed by atoms with Crippen molar-refractivity contribution in [1.82, 2.24) is 9.47 Å². The van der Waals surface area contributed by atoms with Gasteiger partial charge in [-0.25, -0.2) is 0 Å². The number of hydrogen-bond acceptors (Lipinski definition) is 2. The van der Waals surface area contributed by atoms with Gasteiger partial charge in [0.25, 0.3) is 5.91 Å². The molecule has 0 saturated carbocycles. The van der Waals surface area contributed by atoms with Gasteiger partial charge < -0.3 is 14.6 Å². The van der Waals surface area contributed by atoms with Crippen molar-refractivity contribution in [3.8, 4) is 0 Å². The molecule has 1 N–H and O–H groups in total. The number of piperidine rings is 1. The Morgan fingerprint density at radius 3 is 3.00 bits per heavy atom. The van der Waals surface area contributed by atoms with Crippen molar-refractivity contribution in [2.45, 2.75) is 39.3 Å². The number of rotatable bonds is 3. The predicted molar refractivity (Wildman–Crippen MR) is 70.4 cm³/mol. The van der Waals surface area contributed by atoms with Crippen molar-refractivity contribution in [2.75, 3.05) is 13.1 Å². The van der Waals surface area contributed by atoms with Gasteiger partial charge in [-0.05, 0) is 30.9 Å². The van der Waals surface area contributed by atoms with Crippen LogP contribution in [-0.4, -0.2) is 39.7 Å². The topological polar surface area (TPSA) is 45.5 Å². The van der Waals surface area contributed by atoms with E-state index in [1.165, 1.54) is 0 Å². The monoisotopic (exact) mass is 250 g/mol. The highest BCUT2D eigenvalue weighted by molar-refractivity contribution is 5.92. The zero-order valence-corrected chi connectivity index (χ0v) is 11.2. The van der Waals surface area contributed by atoms with Crippen molar-refractivity contribution in [3.63, 3.8) is 0 Å². The lowest BCUT2D eigenvalue weighted by Crippen LogP contribution is -2.45. The molecule has 2 unspecified atom stereocenters. The van der Waals surface area contributed by atoms with Crippen LogP contribution < -0.4 is 0 Å². The van der Waals surface area contributed by atoms with Gasteiger partial charge in [0, 0.05) is 25.8 Å². The SMILES string of the molecule is CCCn1cccc1C(=O)N1CCC(O)C(C)C1. The summed E-state index contributed by atoms with van der Waals surface area (Å²) >= 11 is 0. The van der Waals surface area contributed by atoms with Crippen molar-refractivity contribution >= 4 is 5.91 Å². The molecule has 2 heterocycles. The Morgan fingerprint density at radius 2 is 2.33 bits per heavy atom. The highest BCUT2D eigenvalue weighted by Gasteiger charge is 2.28. The zero-order valence-electron chi connectivity index (χ0n) is 11.2. The number of aryl methyl sites for hydroxylation is 1. The van der Waals surface area contributed by atoms with Gasteiger partial charge in [-0.3, -0.25) is 4.79 Å². The second-order valence-electron chi connectivity index (χ2n) is 5.17. The van der Waals surface area contributed by atoms with E-state index in [4.69, 9.17) is 0 Å². The van der Waals surface area contributed by atoms with Crippen molar-refractivity contribution in [2.24, 2.45) is 5.92 Å². The Hall–Kier alpha value is -1.29. The molecule has 1 saturated heterocycles. The highest BCUT2D eigenvalue weighted by Crippen LogP contribution is 2.19. The molecule has 100 valence electrons. The molecule has 2 atom stereocenters. The number of nitrogens with zero attached hydrogens (tertiary/aromatic N) is 2. The molecule has 1 aliphatic heterocycles. The molecule has 0 aliphatic carbocycles. The molecule has 1 amide bonds. The number of carbonyl (C=O) groups is 1. The van der Waals surface area contributed by atoms with Crippen molar-refractivity contribution < 1.29 is 9.90 Å². The first-order valence-corrected chi connectivity index (χ1v) is 6.76. The van der Waals surface area contributed by atoms with Crippen LogP contribution >= 0.6 is 0 Å². The minimum atomic E-state index is -0.267. The second kappa shape index (κ2) is 5.57. The number of aliphatic hydroxyl groups excluding tert-OH is 1. The first kappa shape index (κ1) is 13.1. The van der Waals surface area contributed by atoms with E-state index < -0.39 is 0 Å². The molecule has 1 aromatic heterocycles. The Labute approximate surface area is 108 Å². The Balaban J connectivity index is 2.09. The first-order valence-electron chi connectivity index (χ1n) is 6.76. The Bertz CT molecular complexity index is 414. The quantitative estimate of drug-likeness (QED) is 0.888. The maximum atomic E-state index is 12.4. The van der Waals surface area contributed by atoms with Crippen LogP contribution in [0.3, 0.4) is 0 Å². The fourth-order valence-electron chi connectivity index (χ4n) is 2.52. The van der Waals surface area contributed by atoms with Gasteiger partial charge in [-0.1, -0.05) is 13.8 Å². The van der Waals surface area contributed by atoms with Gasteiger partial charge in [0.1, 0.15) is 5.69 Å². The average Bonchev–Trinajstić information content (AvgIpc) is 2.80. The molecule has 0 bridgehead atoms. The van der Waals surface area contributed by atoms with Gasteiger partial charge in [0.05, 0.1) is 6.10 Å². The number of hydrogen-bond donors (Lipinski definition) is 1. The summed E-state index contributed by atoms with van der Waals surface area (Å²) in [7, 11) is 0. The summed E-state index contributed by atoms with van der Waals surface area (Å²) in [6.07, 6.45) is 3.39.